The van der Waals surface area contributed by atoms with Gasteiger partial charge in [0.15, 0.2) is 24.5 Å². The Morgan fingerprint density at radius 1 is 0.657 bits per heavy atom. The molecule has 0 N–H and O–H groups in total. The number of hydrogen-bond donors (Lipinski definition) is 0. The summed E-state index contributed by atoms with van der Waals surface area (Å²) >= 11 is 0. The third kappa shape index (κ3) is 21.8. The molecule has 6 unspecified atom stereocenters. The van der Waals surface area contributed by atoms with Crippen LogP contribution in [-0.4, -0.2) is 61.8 Å². The predicted molar refractivity (Wildman–Crippen MR) is 270 cm³/mol. The molecule has 9 atom stereocenters. The van der Waals surface area contributed by atoms with Crippen LogP contribution in [0.5, 0.6) is 0 Å². The molecule has 0 aromatic heterocycles. The Morgan fingerprint density at radius 3 is 1.74 bits per heavy atom. The van der Waals surface area contributed by atoms with Crippen molar-refractivity contribution in [3.05, 3.63) is 35.9 Å². The summed E-state index contributed by atoms with van der Waals surface area (Å²) in [6, 6.07) is 9.87. The summed E-state index contributed by atoms with van der Waals surface area (Å²) in [5, 5.41) is 0. The molecule has 3 aliphatic heterocycles. The van der Waals surface area contributed by atoms with Gasteiger partial charge in [-0.15, -0.1) is 11.8 Å². The van der Waals surface area contributed by atoms with Crippen LogP contribution in [0.15, 0.2) is 30.3 Å². The highest BCUT2D eigenvalue weighted by atomic mass is 16.8. The normalized spacial score (nSPS) is 21.7. The maximum Gasteiger partial charge on any atom is 0.385 e. The minimum absolute atomic E-state index is 0.0232. The standard InChI is InChI=1S/C62H58O8/c1-7-9-11-13-15-17-19-21-22-23-24-25-26-27-28-29-30-31-33-35-37-39-44-48-57(63)66-56(59-54(69-62(5,6)70-59)47-43-38-36-34-32-20-18-16-14-12-10-8-2)50-64-60-52(4)51(3)58-55(67-60)49-65-61(68-58)53-45-41-40-42-46-53/h40-42,45-46,51-52,54-56,58-61H,8,10,12,14,16,32,34,36,38,43,47,49-50H2,1-6H3/t51?,52?,54-,55?,56+,58?,59-,60?,61?/m1/s1. The molecular weight excluding hydrogens is 873 g/mol. The summed E-state index contributed by atoms with van der Waals surface area (Å²) in [5.74, 6) is 65.9. The Kier molecular flexibility index (Phi) is 26.3. The largest absolute Gasteiger partial charge is 0.447 e. The van der Waals surface area contributed by atoms with Crippen molar-refractivity contribution < 1.29 is 38.0 Å². The molecule has 3 saturated heterocycles. The molecule has 0 radical (unpaired) electrons. The van der Waals surface area contributed by atoms with Gasteiger partial charge in [-0.05, 0) is 141 Å². The fourth-order valence-corrected chi connectivity index (χ4v) is 7.40. The van der Waals surface area contributed by atoms with Crippen LogP contribution in [-0.2, 0) is 38.0 Å². The molecule has 354 valence electrons. The van der Waals surface area contributed by atoms with Crippen molar-refractivity contribution in [1.29, 1.82) is 0 Å². The van der Waals surface area contributed by atoms with E-state index in [1.807, 2.05) is 44.2 Å². The second-order valence-corrected chi connectivity index (χ2v) is 16.6. The molecule has 8 nitrogen and oxygen atoms in total. The van der Waals surface area contributed by atoms with Crippen molar-refractivity contribution in [2.24, 2.45) is 11.8 Å². The molecule has 4 rings (SSSR count). The second kappa shape index (κ2) is 33.3. The zero-order valence-electron chi connectivity index (χ0n) is 41.0. The Labute approximate surface area is 418 Å². The first-order valence-electron chi connectivity index (χ1n) is 23.8. The SMILES string of the molecule is CC#CC#CC#CC#CC#CC#CC#CC#CC#CC#CC#CC#CC(=O)O[C@@H](COC1OC2COC(c3ccccc3)OC2C(C)C1C)[C@@H]1OC(C)(C)O[C@@H]1CCCCCCC#CCCCCCC. The third-order valence-corrected chi connectivity index (χ3v) is 10.9. The lowest BCUT2D eigenvalue weighted by Crippen LogP contribution is -2.56. The van der Waals surface area contributed by atoms with E-state index >= 15 is 0 Å². The third-order valence-electron chi connectivity index (χ3n) is 10.9. The fourth-order valence-electron chi connectivity index (χ4n) is 7.40. The molecule has 70 heavy (non-hydrogen) atoms. The quantitative estimate of drug-likeness (QED) is 0.0717. The van der Waals surface area contributed by atoms with Gasteiger partial charge in [0.05, 0.1) is 25.4 Å². The Hall–Kier alpha value is -7.27. The van der Waals surface area contributed by atoms with Gasteiger partial charge < -0.3 is 33.2 Å². The summed E-state index contributed by atoms with van der Waals surface area (Å²) in [7, 11) is 0. The van der Waals surface area contributed by atoms with Crippen LogP contribution in [0, 0.1) is 166 Å². The fraction of sp³-hybridized carbons (Fsp3) is 0.468. The molecule has 3 heterocycles. The monoisotopic (exact) mass is 930 g/mol. The molecule has 1 aromatic rings. The Morgan fingerprint density at radius 2 is 1.19 bits per heavy atom. The number of fused-ring (bicyclic) bond motifs is 1. The molecule has 1 aromatic carbocycles. The lowest BCUT2D eigenvalue weighted by atomic mass is 9.84. The number of benzene rings is 1. The average molecular weight is 931 g/mol. The Balaban J connectivity index is 1.35. The van der Waals surface area contributed by atoms with Crippen molar-refractivity contribution >= 4 is 5.97 Å². The number of ether oxygens (including phenoxy) is 7. The van der Waals surface area contributed by atoms with Crippen molar-refractivity contribution in [3.8, 4) is 154 Å². The van der Waals surface area contributed by atoms with Crippen LogP contribution in [0.3, 0.4) is 0 Å². The molecule has 8 heteroatoms. The summed E-state index contributed by atoms with van der Waals surface area (Å²) in [6.07, 6.45) is 8.10. The van der Waals surface area contributed by atoms with Gasteiger partial charge in [-0.1, -0.05) is 95.5 Å². The van der Waals surface area contributed by atoms with E-state index in [0.717, 1.165) is 44.1 Å². The van der Waals surface area contributed by atoms with Crippen molar-refractivity contribution in [1.82, 2.24) is 0 Å². The number of rotatable bonds is 16. The van der Waals surface area contributed by atoms with E-state index in [9.17, 15) is 4.79 Å². The number of carbonyl (C=O) groups excluding carboxylic acids is 1. The molecule has 0 saturated carbocycles. The summed E-state index contributed by atoms with van der Waals surface area (Å²) < 4.78 is 44.3. The first-order valence-corrected chi connectivity index (χ1v) is 23.8. The van der Waals surface area contributed by atoms with Crippen LogP contribution < -0.4 is 0 Å². The van der Waals surface area contributed by atoms with Gasteiger partial charge >= 0.3 is 5.97 Å². The Bertz CT molecular complexity index is 2770. The number of carbonyl (C=O) groups is 1. The number of hydrogen-bond acceptors (Lipinski definition) is 8. The second-order valence-electron chi connectivity index (χ2n) is 16.6. The van der Waals surface area contributed by atoms with E-state index in [2.05, 4.69) is 175 Å². The smallest absolute Gasteiger partial charge is 0.385 e. The highest BCUT2D eigenvalue weighted by Crippen LogP contribution is 2.40. The molecule has 3 fully saturated rings. The van der Waals surface area contributed by atoms with Crippen LogP contribution >= 0.6 is 0 Å². The van der Waals surface area contributed by atoms with E-state index in [-0.39, 0.29) is 36.8 Å². The van der Waals surface area contributed by atoms with E-state index in [1.165, 1.54) is 25.7 Å². The molecule has 0 aliphatic carbocycles. The van der Waals surface area contributed by atoms with Gasteiger partial charge in [-0.3, -0.25) is 0 Å². The minimum atomic E-state index is -0.911. The molecule has 0 bridgehead atoms. The van der Waals surface area contributed by atoms with Crippen molar-refractivity contribution in [2.75, 3.05) is 13.2 Å². The highest BCUT2D eigenvalue weighted by molar-refractivity contribution is 5.89. The van der Waals surface area contributed by atoms with Gasteiger partial charge in [-0.2, -0.15) is 0 Å². The number of esters is 1. The minimum Gasteiger partial charge on any atom is -0.447 e. The lowest BCUT2D eigenvalue weighted by Gasteiger charge is -2.48. The molecule has 0 amide bonds. The van der Waals surface area contributed by atoms with Gasteiger partial charge in [0, 0.05) is 65.8 Å². The van der Waals surface area contributed by atoms with E-state index in [1.54, 1.807) is 6.92 Å². The van der Waals surface area contributed by atoms with E-state index < -0.39 is 36.5 Å². The number of unbranched alkanes of at least 4 members (excludes halogenated alkanes) is 8. The van der Waals surface area contributed by atoms with Gasteiger partial charge in [0.1, 0.15) is 12.2 Å². The first-order chi connectivity index (χ1) is 34.2. The lowest BCUT2D eigenvalue weighted by molar-refractivity contribution is -0.344. The first kappa shape index (κ1) is 55.3. The molecule has 3 aliphatic rings. The van der Waals surface area contributed by atoms with Crippen LogP contribution in [0.1, 0.15) is 124 Å². The summed E-state index contributed by atoms with van der Waals surface area (Å²) in [6.45, 7) is 12.2. The van der Waals surface area contributed by atoms with Crippen molar-refractivity contribution in [3.63, 3.8) is 0 Å². The maximum absolute atomic E-state index is 13.3. The van der Waals surface area contributed by atoms with E-state index in [4.69, 9.17) is 33.2 Å². The van der Waals surface area contributed by atoms with Crippen molar-refractivity contribution in [2.45, 2.75) is 161 Å². The van der Waals surface area contributed by atoms with Crippen LogP contribution in [0.2, 0.25) is 0 Å². The van der Waals surface area contributed by atoms with Gasteiger partial charge in [0.2, 0.25) is 0 Å². The summed E-state index contributed by atoms with van der Waals surface area (Å²) in [4.78, 5) is 13.3. The zero-order valence-corrected chi connectivity index (χ0v) is 41.0. The topological polar surface area (TPSA) is 81.7 Å². The molecular formula is C62H58O8. The maximum atomic E-state index is 13.3. The zero-order chi connectivity index (χ0) is 49.9. The molecule has 0 spiro atoms. The van der Waals surface area contributed by atoms with Crippen LogP contribution in [0.4, 0.5) is 0 Å². The van der Waals surface area contributed by atoms with E-state index in [0.29, 0.717) is 13.0 Å². The summed E-state index contributed by atoms with van der Waals surface area (Å²) in [5.41, 5.74) is 0.956. The van der Waals surface area contributed by atoms with Gasteiger partial charge in [0.25, 0.3) is 0 Å². The van der Waals surface area contributed by atoms with Gasteiger partial charge in [-0.25, -0.2) is 4.79 Å². The average Bonchev–Trinajstić information content (AvgIpc) is 3.68. The predicted octanol–water partition coefficient (Wildman–Crippen LogP) is 7.92. The van der Waals surface area contributed by atoms with Crippen LogP contribution in [0.25, 0.3) is 0 Å². The highest BCUT2D eigenvalue weighted by Gasteiger charge is 2.49.